The molecule has 0 radical (unpaired) electrons. The Bertz CT molecular complexity index is 1140. The molecule has 3 heterocycles. The van der Waals surface area contributed by atoms with Crippen molar-refractivity contribution in [2.45, 2.75) is 70.6 Å². The van der Waals surface area contributed by atoms with Crippen molar-refractivity contribution in [1.82, 2.24) is 15.1 Å². The minimum atomic E-state index is 0.0260. The van der Waals surface area contributed by atoms with E-state index in [0.29, 0.717) is 57.0 Å². The molecule has 0 saturated carbocycles. The van der Waals surface area contributed by atoms with Crippen LogP contribution in [0.3, 0.4) is 0 Å². The maximum absolute atomic E-state index is 13.6. The second kappa shape index (κ2) is 14.7. The topological polar surface area (TPSA) is 71.1 Å². The van der Waals surface area contributed by atoms with Crippen molar-refractivity contribution in [3.63, 3.8) is 0 Å². The van der Waals surface area contributed by atoms with Gasteiger partial charge in [0, 0.05) is 32.6 Å². The number of likely N-dealkylation sites (tertiary alicyclic amines) is 2. The van der Waals surface area contributed by atoms with E-state index in [4.69, 9.17) is 9.47 Å². The molecule has 3 aliphatic rings. The van der Waals surface area contributed by atoms with Crippen molar-refractivity contribution in [3.05, 3.63) is 59.7 Å². The van der Waals surface area contributed by atoms with E-state index in [-0.39, 0.29) is 17.2 Å². The summed E-state index contributed by atoms with van der Waals surface area (Å²) in [5.74, 6) is 1.78. The molecule has 0 aliphatic carbocycles. The molecule has 3 aliphatic heterocycles. The number of rotatable bonds is 6. The van der Waals surface area contributed by atoms with Gasteiger partial charge in [-0.2, -0.15) is 0 Å². The van der Waals surface area contributed by atoms with Crippen LogP contribution >= 0.6 is 0 Å². The molecule has 5 rings (SSSR count). The Balaban J connectivity index is 1.17. The zero-order valence-corrected chi connectivity index (χ0v) is 24.6. The second-order valence-corrected chi connectivity index (χ2v) is 12.1. The van der Waals surface area contributed by atoms with Gasteiger partial charge >= 0.3 is 0 Å². The number of carbonyl (C=O) groups is 2. The van der Waals surface area contributed by atoms with Crippen LogP contribution in [0.2, 0.25) is 0 Å². The fourth-order valence-electron chi connectivity index (χ4n) is 6.57. The molecular weight excluding hydrogens is 514 g/mol. The number of fused-ring (bicyclic) bond motifs is 1. The van der Waals surface area contributed by atoms with Crippen LogP contribution in [0.4, 0.5) is 0 Å². The fourth-order valence-corrected chi connectivity index (χ4v) is 6.57. The molecule has 2 saturated heterocycles. The summed E-state index contributed by atoms with van der Waals surface area (Å²) in [5, 5.41) is 3.23. The average Bonchev–Trinajstić information content (AvgIpc) is 3.53. The lowest BCUT2D eigenvalue weighted by atomic mass is 9.74. The number of nitrogens with zero attached hydrogens (tertiary/aromatic N) is 2. The number of aryl methyl sites for hydroxylation is 1. The molecule has 1 N–H and O–H groups in total. The van der Waals surface area contributed by atoms with E-state index in [9.17, 15) is 9.59 Å². The third-order valence-electron chi connectivity index (χ3n) is 9.15. The maximum atomic E-state index is 13.6. The van der Waals surface area contributed by atoms with Gasteiger partial charge in [-0.1, -0.05) is 36.8 Å². The van der Waals surface area contributed by atoms with Gasteiger partial charge in [0.2, 0.25) is 5.91 Å². The van der Waals surface area contributed by atoms with E-state index in [0.717, 1.165) is 57.2 Å². The first kappa shape index (κ1) is 29.4. The number of ether oxygens (including phenoxy) is 2. The number of hydrogen-bond acceptors (Lipinski definition) is 5. The summed E-state index contributed by atoms with van der Waals surface area (Å²) in [6.45, 7) is 6.71. The molecule has 0 atom stereocenters. The number of benzene rings is 2. The Labute approximate surface area is 245 Å². The van der Waals surface area contributed by atoms with Crippen molar-refractivity contribution < 1.29 is 19.1 Å². The zero-order chi connectivity index (χ0) is 28.3. The third-order valence-corrected chi connectivity index (χ3v) is 9.15. The van der Waals surface area contributed by atoms with Crippen LogP contribution in [0.25, 0.3) is 0 Å². The third kappa shape index (κ3) is 8.25. The van der Waals surface area contributed by atoms with Crippen LogP contribution in [-0.4, -0.2) is 74.1 Å². The highest BCUT2D eigenvalue weighted by Gasteiger charge is 2.36. The number of amides is 2. The molecule has 2 amide bonds. The van der Waals surface area contributed by atoms with Crippen molar-refractivity contribution in [2.75, 3.05) is 52.5 Å². The Morgan fingerprint density at radius 3 is 2.51 bits per heavy atom. The van der Waals surface area contributed by atoms with Gasteiger partial charge in [0.1, 0.15) is 11.5 Å². The van der Waals surface area contributed by atoms with Crippen LogP contribution in [0.5, 0.6) is 11.5 Å². The van der Waals surface area contributed by atoms with Crippen LogP contribution in [0.15, 0.2) is 48.5 Å². The monoisotopic (exact) mass is 561 g/mol. The summed E-state index contributed by atoms with van der Waals surface area (Å²) in [7, 11) is 0. The van der Waals surface area contributed by atoms with Gasteiger partial charge in [0.25, 0.3) is 5.91 Å². The van der Waals surface area contributed by atoms with Crippen molar-refractivity contribution >= 4 is 11.8 Å². The van der Waals surface area contributed by atoms with Crippen molar-refractivity contribution in [3.8, 4) is 11.5 Å². The summed E-state index contributed by atoms with van der Waals surface area (Å²) in [6, 6.07) is 16.0. The van der Waals surface area contributed by atoms with Gasteiger partial charge in [-0.25, -0.2) is 0 Å². The highest BCUT2D eigenvalue weighted by atomic mass is 16.5. The lowest BCUT2D eigenvalue weighted by molar-refractivity contribution is -0.122. The predicted octanol–water partition coefficient (Wildman–Crippen LogP) is 5.48. The molecule has 7 heteroatoms. The van der Waals surface area contributed by atoms with Crippen LogP contribution in [0.1, 0.15) is 80.1 Å². The normalized spacial score (nSPS) is 20.5. The van der Waals surface area contributed by atoms with Crippen LogP contribution in [-0.2, 0) is 11.2 Å². The molecule has 0 unspecified atom stereocenters. The Hall–Kier alpha value is -3.06. The smallest absolute Gasteiger partial charge is 0.257 e. The minimum absolute atomic E-state index is 0.0260. The number of hydrogen-bond donors (Lipinski definition) is 1. The lowest BCUT2D eigenvalue weighted by Gasteiger charge is -2.42. The predicted molar refractivity (Wildman–Crippen MR) is 162 cm³/mol. The van der Waals surface area contributed by atoms with Crippen molar-refractivity contribution in [2.24, 2.45) is 5.41 Å². The first-order valence-corrected chi connectivity index (χ1v) is 15.8. The Kier molecular flexibility index (Phi) is 10.6. The first-order valence-electron chi connectivity index (χ1n) is 15.8. The van der Waals surface area contributed by atoms with Crippen LogP contribution < -0.4 is 14.8 Å². The van der Waals surface area contributed by atoms with E-state index < -0.39 is 0 Å². The molecule has 2 aromatic carbocycles. The Morgan fingerprint density at radius 1 is 0.878 bits per heavy atom. The summed E-state index contributed by atoms with van der Waals surface area (Å²) >= 11 is 0. The summed E-state index contributed by atoms with van der Waals surface area (Å²) in [5.41, 5.74) is 1.93. The largest absolute Gasteiger partial charge is 0.493 e. The Morgan fingerprint density at radius 2 is 1.66 bits per heavy atom. The molecule has 222 valence electrons. The fraction of sp³-hybridized carbons (Fsp3) is 0.588. The van der Waals surface area contributed by atoms with Gasteiger partial charge in [0.15, 0.2) is 0 Å². The van der Waals surface area contributed by atoms with Gasteiger partial charge in [-0.05, 0) is 100 Å². The van der Waals surface area contributed by atoms with E-state index in [1.165, 1.54) is 31.5 Å². The van der Waals surface area contributed by atoms with Gasteiger partial charge in [0.05, 0.1) is 18.8 Å². The summed E-state index contributed by atoms with van der Waals surface area (Å²) in [4.78, 5) is 30.8. The molecule has 41 heavy (non-hydrogen) atoms. The quantitative estimate of drug-likeness (QED) is 0.474. The molecular formula is C34H47N3O4. The number of para-hydroxylation sites is 2. The van der Waals surface area contributed by atoms with E-state index >= 15 is 0 Å². The van der Waals surface area contributed by atoms with E-state index in [2.05, 4.69) is 22.3 Å². The molecule has 0 aromatic heterocycles. The molecule has 1 spiro atoms. The minimum Gasteiger partial charge on any atom is -0.493 e. The lowest BCUT2D eigenvalue weighted by Crippen LogP contribution is -2.48. The number of nitrogens with one attached hydrogen (secondary N) is 1. The van der Waals surface area contributed by atoms with Crippen molar-refractivity contribution in [1.29, 1.82) is 0 Å². The van der Waals surface area contributed by atoms with Gasteiger partial charge in [-0.15, -0.1) is 0 Å². The SMILES string of the molecule is O=C1CCCOc2ccccc2CCCCC2(CCN(C(=O)c3ccccc3OCCCN3CCCC3)CC2)CN1. The molecule has 7 nitrogen and oxygen atoms in total. The standard InChI is InChI=1S/C34H47N3O4/c38-32-16-9-25-40-30-14-3-1-11-28(30)12-5-6-17-34(27-35-32)18-23-37(24-19-34)33(39)29-13-2-4-15-31(29)41-26-10-22-36-20-7-8-21-36/h1-4,11,13-15H,5-10,12,16-27H2,(H,35,38). The highest BCUT2D eigenvalue weighted by Crippen LogP contribution is 2.37. The van der Waals surface area contributed by atoms with Crippen LogP contribution in [0, 0.1) is 5.41 Å². The highest BCUT2D eigenvalue weighted by molar-refractivity contribution is 5.97. The first-order chi connectivity index (χ1) is 20.1. The van der Waals surface area contributed by atoms with Gasteiger partial charge < -0.3 is 24.6 Å². The van der Waals surface area contributed by atoms with Gasteiger partial charge in [-0.3, -0.25) is 9.59 Å². The average molecular weight is 562 g/mol. The maximum Gasteiger partial charge on any atom is 0.257 e. The zero-order valence-electron chi connectivity index (χ0n) is 24.6. The summed E-state index contributed by atoms with van der Waals surface area (Å²) < 4.78 is 12.1. The summed E-state index contributed by atoms with van der Waals surface area (Å²) in [6.07, 6.45) is 10.8. The molecule has 0 bridgehead atoms. The second-order valence-electron chi connectivity index (χ2n) is 12.1. The molecule has 2 aromatic rings. The number of carbonyl (C=O) groups excluding carboxylic acids is 2. The van der Waals surface area contributed by atoms with E-state index in [1.807, 2.05) is 41.3 Å². The number of piperidine rings is 1. The molecule has 2 fully saturated rings. The van der Waals surface area contributed by atoms with E-state index in [1.54, 1.807) is 0 Å².